The molecule has 57 heavy (non-hydrogen) atoms. The molecule has 0 bridgehead atoms. The van der Waals surface area contributed by atoms with Crippen LogP contribution in [0.1, 0.15) is 76.1 Å². The van der Waals surface area contributed by atoms with Crippen molar-refractivity contribution in [1.29, 1.82) is 0 Å². The number of carbonyl (C=O) groups is 5. The molecule has 1 aromatic rings. The van der Waals surface area contributed by atoms with Crippen LogP contribution in [0.4, 0.5) is 0 Å². The highest BCUT2D eigenvalue weighted by atomic mass is 16.9. The molecule has 7 aliphatic heterocycles. The minimum Gasteiger partial charge on any atom is -0.353 e. The van der Waals surface area contributed by atoms with Crippen molar-refractivity contribution in [3.8, 4) is 0 Å². The molecule has 21 nitrogen and oxygen atoms in total. The van der Waals surface area contributed by atoms with E-state index in [9.17, 15) is 24.0 Å². The summed E-state index contributed by atoms with van der Waals surface area (Å²) in [5, 5.41) is 3.34. The zero-order chi connectivity index (χ0) is 40.8. The monoisotopic (exact) mass is 806 g/mol. The lowest BCUT2D eigenvalue weighted by atomic mass is 10.1. The third-order valence-electron chi connectivity index (χ3n) is 10.0. The topological polar surface area (TPSA) is 235 Å². The molecule has 12 atom stereocenters. The van der Waals surface area contributed by atoms with E-state index in [0.717, 1.165) is 0 Å². The lowest BCUT2D eigenvalue weighted by molar-refractivity contribution is -0.240. The van der Waals surface area contributed by atoms with Gasteiger partial charge in [0.1, 0.15) is 18.3 Å². The van der Waals surface area contributed by atoms with Crippen LogP contribution in [0, 0.1) is 5.92 Å². The standard InChI is InChI=1S/C36H46N4O17/c1-14(2)13-37-26(41)20-17(23-31(46-20)52-34(3,4)49-23)55-38-27(42)21-18(24-32(47-21)53-35(5,6)50-24)56-39-28(43)22-19(25-33(48-22)54-36(7,8)51-25)57-40-29(44)15-11-9-10-12-16(15)30(40)45/h9-12,14,17-25,31-33H,13H2,1-8H3,(H,37,41)(H,38,42)(H,39,43)/t17-,18-,19-,20+,21+,22+,23-,24-,25-,31-,32-,33-/m1/s1. The van der Waals surface area contributed by atoms with Crippen molar-refractivity contribution in [2.75, 3.05) is 6.54 Å². The van der Waals surface area contributed by atoms with Gasteiger partial charge in [0.05, 0.1) is 11.1 Å². The molecule has 0 radical (unpaired) electrons. The molecule has 21 heteroatoms. The van der Waals surface area contributed by atoms with Crippen LogP contribution >= 0.6 is 0 Å². The van der Waals surface area contributed by atoms with E-state index in [4.69, 9.17) is 57.1 Å². The largest absolute Gasteiger partial charge is 0.353 e. The summed E-state index contributed by atoms with van der Waals surface area (Å²) in [7, 11) is 0. The Bertz CT molecular complexity index is 1770. The molecule has 7 heterocycles. The third-order valence-corrected chi connectivity index (χ3v) is 10.0. The molecule has 0 saturated carbocycles. The van der Waals surface area contributed by atoms with Gasteiger partial charge in [-0.1, -0.05) is 26.0 Å². The highest BCUT2D eigenvalue weighted by Gasteiger charge is 2.62. The fraction of sp³-hybridized carbons (Fsp3) is 0.694. The van der Waals surface area contributed by atoms with Crippen molar-refractivity contribution in [2.45, 2.75) is 147 Å². The summed E-state index contributed by atoms with van der Waals surface area (Å²) in [6.07, 6.45) is -14.4. The van der Waals surface area contributed by atoms with Gasteiger partial charge in [-0.15, -0.1) is 5.06 Å². The van der Waals surface area contributed by atoms with Gasteiger partial charge in [0, 0.05) is 6.54 Å². The highest BCUT2D eigenvalue weighted by Crippen LogP contribution is 2.42. The molecular weight excluding hydrogens is 760 g/mol. The Labute approximate surface area is 326 Å². The van der Waals surface area contributed by atoms with Gasteiger partial charge in [-0.25, -0.2) is 11.0 Å². The van der Waals surface area contributed by atoms with Crippen LogP contribution in [0.2, 0.25) is 0 Å². The molecule has 1 aromatic carbocycles. The number of hydrogen-bond donors (Lipinski definition) is 3. The lowest BCUT2D eigenvalue weighted by Crippen LogP contribution is -2.53. The number of carbonyl (C=O) groups excluding carboxylic acids is 5. The first-order valence-electron chi connectivity index (χ1n) is 18.7. The molecule has 6 saturated heterocycles. The van der Waals surface area contributed by atoms with Crippen LogP contribution in [-0.4, -0.2) is 132 Å². The van der Waals surface area contributed by atoms with Crippen molar-refractivity contribution >= 4 is 29.5 Å². The Balaban J connectivity index is 0.964. The molecule has 0 unspecified atom stereocenters. The highest BCUT2D eigenvalue weighted by molar-refractivity contribution is 6.20. The van der Waals surface area contributed by atoms with Crippen molar-refractivity contribution < 1.29 is 81.1 Å². The molecule has 312 valence electrons. The summed E-state index contributed by atoms with van der Waals surface area (Å²) in [5.41, 5.74) is 4.86. The number of fused-ring (bicyclic) bond motifs is 4. The number of ether oxygens (including phenoxy) is 9. The first kappa shape index (κ1) is 40.1. The van der Waals surface area contributed by atoms with Crippen LogP contribution in [0.25, 0.3) is 0 Å². The summed E-state index contributed by atoms with van der Waals surface area (Å²) in [6, 6.07) is 6.16. The van der Waals surface area contributed by atoms with Gasteiger partial charge in [-0.3, -0.25) is 38.5 Å². The van der Waals surface area contributed by atoms with Crippen LogP contribution in [0.3, 0.4) is 0 Å². The van der Waals surface area contributed by atoms with E-state index in [1.54, 1.807) is 53.7 Å². The average molecular weight is 807 g/mol. The van der Waals surface area contributed by atoms with Crippen LogP contribution in [0.15, 0.2) is 24.3 Å². The number of benzene rings is 1. The molecule has 7 aliphatic rings. The number of hydrogen-bond acceptors (Lipinski definition) is 17. The number of amides is 5. The summed E-state index contributed by atoms with van der Waals surface area (Å²) >= 11 is 0. The zero-order valence-corrected chi connectivity index (χ0v) is 32.4. The Morgan fingerprint density at radius 3 is 1.44 bits per heavy atom. The molecule has 8 rings (SSSR count). The Morgan fingerprint density at radius 1 is 0.632 bits per heavy atom. The molecular formula is C36H46N4O17. The third kappa shape index (κ3) is 7.56. The zero-order valence-electron chi connectivity index (χ0n) is 32.4. The summed E-state index contributed by atoms with van der Waals surface area (Å²) in [4.78, 5) is 84.7. The fourth-order valence-electron chi connectivity index (χ4n) is 7.60. The summed E-state index contributed by atoms with van der Waals surface area (Å²) in [5.74, 6) is -7.03. The van der Waals surface area contributed by atoms with E-state index in [2.05, 4.69) is 16.3 Å². The van der Waals surface area contributed by atoms with Crippen LogP contribution in [0.5, 0.6) is 0 Å². The minimum absolute atomic E-state index is 0.121. The minimum atomic E-state index is -1.56. The van der Waals surface area contributed by atoms with Crippen molar-refractivity contribution in [1.82, 2.24) is 21.3 Å². The van der Waals surface area contributed by atoms with E-state index in [0.29, 0.717) is 11.6 Å². The smallest absolute Gasteiger partial charge is 0.285 e. The maximum absolute atomic E-state index is 13.9. The Morgan fingerprint density at radius 2 is 1.02 bits per heavy atom. The Hall–Kier alpha value is -3.71. The predicted molar refractivity (Wildman–Crippen MR) is 182 cm³/mol. The molecule has 3 N–H and O–H groups in total. The molecule has 0 aromatic heterocycles. The van der Waals surface area contributed by atoms with Crippen LogP contribution < -0.4 is 16.3 Å². The van der Waals surface area contributed by atoms with Crippen LogP contribution in [-0.2, 0) is 71.5 Å². The average Bonchev–Trinajstić information content (AvgIpc) is 3.97. The number of nitrogens with one attached hydrogen (secondary N) is 3. The SMILES string of the molecule is CC(C)CNC(=O)[C@H]1O[C@@H]2OC(C)(C)O[C@@H]2[C@@H]1ONC(=O)[C@H]1O[C@@H]2OC(C)(C)O[C@@H]2[C@@H]1ONC(=O)[C@H]1O[C@@H]2OC(C)(C)O[C@@H]2[C@@H]1ON1C(=O)c2ccccc2C1=O. The predicted octanol–water partition coefficient (Wildman–Crippen LogP) is -0.183. The van der Waals surface area contributed by atoms with Gasteiger partial charge in [-0.05, 0) is 59.6 Å². The number of imide groups is 1. The Kier molecular flexibility index (Phi) is 10.2. The molecule has 0 spiro atoms. The van der Waals surface area contributed by atoms with Gasteiger partial charge in [0.15, 0.2) is 72.9 Å². The summed E-state index contributed by atoms with van der Waals surface area (Å²) < 4.78 is 53.0. The second-order valence-electron chi connectivity index (χ2n) is 16.3. The van der Waals surface area contributed by atoms with E-state index < -0.39 is 121 Å². The van der Waals surface area contributed by atoms with Gasteiger partial charge in [-0.2, -0.15) is 0 Å². The normalized spacial score (nSPS) is 37.9. The van der Waals surface area contributed by atoms with Crippen molar-refractivity contribution in [3.05, 3.63) is 35.4 Å². The quantitative estimate of drug-likeness (QED) is 0.194. The van der Waals surface area contributed by atoms with Gasteiger partial charge < -0.3 is 47.9 Å². The van der Waals surface area contributed by atoms with E-state index in [-0.39, 0.29) is 17.0 Å². The molecule has 6 fully saturated rings. The van der Waals surface area contributed by atoms with E-state index in [1.807, 2.05) is 13.8 Å². The van der Waals surface area contributed by atoms with Gasteiger partial charge in [0.25, 0.3) is 29.5 Å². The summed E-state index contributed by atoms with van der Waals surface area (Å²) in [6.45, 7) is 14.1. The second-order valence-corrected chi connectivity index (χ2v) is 16.3. The maximum atomic E-state index is 13.9. The lowest BCUT2D eigenvalue weighted by Gasteiger charge is -2.28. The number of hydroxylamine groups is 4. The number of rotatable bonds is 11. The van der Waals surface area contributed by atoms with E-state index in [1.165, 1.54) is 12.1 Å². The maximum Gasteiger partial charge on any atom is 0.285 e. The van der Waals surface area contributed by atoms with Gasteiger partial charge in [0.2, 0.25) is 0 Å². The second kappa shape index (κ2) is 14.5. The molecule has 5 amide bonds. The van der Waals surface area contributed by atoms with Gasteiger partial charge >= 0.3 is 0 Å². The first-order chi connectivity index (χ1) is 26.8. The van der Waals surface area contributed by atoms with Crippen molar-refractivity contribution in [2.24, 2.45) is 5.92 Å². The fourth-order valence-corrected chi connectivity index (χ4v) is 7.60. The number of nitrogens with zero attached hydrogens (tertiary/aromatic N) is 1. The van der Waals surface area contributed by atoms with Crippen molar-refractivity contribution in [3.63, 3.8) is 0 Å². The molecule has 0 aliphatic carbocycles. The van der Waals surface area contributed by atoms with E-state index >= 15 is 0 Å². The first-order valence-corrected chi connectivity index (χ1v) is 18.7.